The van der Waals surface area contributed by atoms with E-state index in [1.54, 1.807) is 6.07 Å². The van der Waals surface area contributed by atoms with Crippen molar-refractivity contribution in [3.63, 3.8) is 0 Å². The third kappa shape index (κ3) is 2.38. The number of hydrogen-bond donors (Lipinski definition) is 0. The molecule has 3 aromatic rings. The van der Waals surface area contributed by atoms with Crippen molar-refractivity contribution in [2.24, 2.45) is 0 Å². The number of aryl methyl sites for hydroxylation is 1. The van der Waals surface area contributed by atoms with E-state index in [-0.39, 0.29) is 11.6 Å². The molecule has 0 aliphatic carbocycles. The average molecular weight is 355 g/mol. The van der Waals surface area contributed by atoms with Gasteiger partial charge < -0.3 is 0 Å². The Bertz CT molecular complexity index is 768. The highest BCUT2D eigenvalue weighted by molar-refractivity contribution is 9.11. The van der Waals surface area contributed by atoms with Gasteiger partial charge in [-0.1, -0.05) is 6.07 Å². The second kappa shape index (κ2) is 4.81. The van der Waals surface area contributed by atoms with Crippen molar-refractivity contribution in [1.82, 2.24) is 0 Å². The lowest BCUT2D eigenvalue weighted by Gasteiger charge is -1.90. The molecule has 0 saturated heterocycles. The molecule has 96 valence electrons. The second-order valence-corrected chi connectivity index (χ2v) is 7.64. The van der Waals surface area contributed by atoms with Crippen LogP contribution in [0.15, 0.2) is 34.1 Å². The molecule has 0 fully saturated rings. The maximum absolute atomic E-state index is 13.1. The Morgan fingerprint density at radius 1 is 1.16 bits per heavy atom. The first-order valence-corrected chi connectivity index (χ1v) is 7.97. The average Bonchev–Trinajstić information content (AvgIpc) is 2.92. The number of hydrogen-bond acceptors (Lipinski definition) is 3. The number of halogens is 2. The molecule has 2 heterocycles. The minimum absolute atomic E-state index is 0.000378. The number of ketones is 1. The SMILES string of the molecule is Cc1cc(C(=O)c2cc3ccc(F)cc3s2)sc1Br. The summed E-state index contributed by atoms with van der Waals surface area (Å²) in [5.74, 6) is -0.275. The summed E-state index contributed by atoms with van der Waals surface area (Å²) in [6.07, 6.45) is 0. The summed E-state index contributed by atoms with van der Waals surface area (Å²) < 4.78 is 14.9. The third-order valence-electron chi connectivity index (χ3n) is 2.79. The van der Waals surface area contributed by atoms with Crippen molar-refractivity contribution in [2.75, 3.05) is 0 Å². The summed E-state index contributed by atoms with van der Waals surface area (Å²) in [5.41, 5.74) is 1.06. The van der Waals surface area contributed by atoms with Crippen LogP contribution in [0, 0.1) is 12.7 Å². The van der Waals surface area contributed by atoms with E-state index in [1.807, 2.05) is 19.1 Å². The van der Waals surface area contributed by atoms with Gasteiger partial charge in [-0.2, -0.15) is 0 Å². The van der Waals surface area contributed by atoms with Gasteiger partial charge in [-0.05, 0) is 58.1 Å². The maximum atomic E-state index is 13.1. The predicted molar refractivity (Wildman–Crippen MR) is 82.0 cm³/mol. The van der Waals surface area contributed by atoms with Gasteiger partial charge in [0.05, 0.1) is 13.5 Å². The van der Waals surface area contributed by atoms with E-state index in [0.29, 0.717) is 9.75 Å². The van der Waals surface area contributed by atoms with Gasteiger partial charge in [-0.3, -0.25) is 4.79 Å². The summed E-state index contributed by atoms with van der Waals surface area (Å²) in [5, 5.41) is 0.905. The number of benzene rings is 1. The third-order valence-corrected chi connectivity index (χ3v) is 6.02. The molecule has 5 heteroatoms. The van der Waals surface area contributed by atoms with Gasteiger partial charge in [0.1, 0.15) is 5.82 Å². The van der Waals surface area contributed by atoms with Gasteiger partial charge in [0.15, 0.2) is 0 Å². The standard InChI is InChI=1S/C14H8BrFOS2/c1-7-4-11(19-14(7)15)13(17)12-5-8-2-3-9(16)6-10(8)18-12/h2-6H,1H3. The van der Waals surface area contributed by atoms with Crippen molar-refractivity contribution < 1.29 is 9.18 Å². The Morgan fingerprint density at radius 2 is 1.89 bits per heavy atom. The van der Waals surface area contributed by atoms with Gasteiger partial charge in [-0.15, -0.1) is 22.7 Å². The second-order valence-electron chi connectivity index (χ2n) is 4.19. The fourth-order valence-corrected chi connectivity index (χ4v) is 4.41. The number of carbonyl (C=O) groups is 1. The normalized spacial score (nSPS) is 11.1. The number of fused-ring (bicyclic) bond motifs is 1. The van der Waals surface area contributed by atoms with E-state index in [1.165, 1.54) is 34.8 Å². The topological polar surface area (TPSA) is 17.1 Å². The lowest BCUT2D eigenvalue weighted by Crippen LogP contribution is -1.93. The monoisotopic (exact) mass is 354 g/mol. The quantitative estimate of drug-likeness (QED) is 0.562. The predicted octanol–water partition coefficient (Wildman–Crippen LogP) is 5.40. The highest BCUT2D eigenvalue weighted by atomic mass is 79.9. The van der Waals surface area contributed by atoms with Crippen LogP contribution in [-0.2, 0) is 0 Å². The van der Waals surface area contributed by atoms with E-state index >= 15 is 0 Å². The molecule has 1 aromatic carbocycles. The molecule has 0 N–H and O–H groups in total. The molecule has 1 nitrogen and oxygen atoms in total. The van der Waals surface area contributed by atoms with Crippen LogP contribution < -0.4 is 0 Å². The van der Waals surface area contributed by atoms with Crippen LogP contribution in [0.1, 0.15) is 20.1 Å². The zero-order valence-electron chi connectivity index (χ0n) is 9.87. The molecule has 0 aliphatic rings. The van der Waals surface area contributed by atoms with E-state index in [0.717, 1.165) is 19.4 Å². The van der Waals surface area contributed by atoms with E-state index < -0.39 is 0 Å². The molecule has 0 amide bonds. The molecule has 3 rings (SSSR count). The summed E-state index contributed by atoms with van der Waals surface area (Å²) >= 11 is 6.18. The summed E-state index contributed by atoms with van der Waals surface area (Å²) in [7, 11) is 0. The first kappa shape index (κ1) is 13.0. The van der Waals surface area contributed by atoms with Gasteiger partial charge in [0.2, 0.25) is 5.78 Å². The lowest BCUT2D eigenvalue weighted by molar-refractivity contribution is 0.104. The molecule has 0 unspecified atom stereocenters. The fraction of sp³-hybridized carbons (Fsp3) is 0.0714. The number of thiophene rings is 2. The van der Waals surface area contributed by atoms with Crippen LogP contribution in [0.25, 0.3) is 10.1 Å². The first-order chi connectivity index (χ1) is 9.04. The molecule has 0 atom stereocenters. The maximum Gasteiger partial charge on any atom is 0.212 e. The highest BCUT2D eigenvalue weighted by Crippen LogP contribution is 2.32. The minimum Gasteiger partial charge on any atom is -0.287 e. The Morgan fingerprint density at radius 3 is 2.58 bits per heavy atom. The Hall–Kier alpha value is -1.04. The summed E-state index contributed by atoms with van der Waals surface area (Å²) in [6.45, 7) is 1.96. The molecule has 0 saturated carbocycles. The van der Waals surface area contributed by atoms with Crippen molar-refractivity contribution in [2.45, 2.75) is 6.92 Å². The Balaban J connectivity index is 2.06. The lowest BCUT2D eigenvalue weighted by atomic mass is 10.2. The minimum atomic E-state index is -0.275. The zero-order valence-corrected chi connectivity index (χ0v) is 13.1. The van der Waals surface area contributed by atoms with Gasteiger partial charge in [-0.25, -0.2) is 4.39 Å². The zero-order chi connectivity index (χ0) is 13.6. The van der Waals surface area contributed by atoms with Gasteiger partial charge in [0, 0.05) is 4.70 Å². The molecular weight excluding hydrogens is 347 g/mol. The molecule has 0 spiro atoms. The largest absolute Gasteiger partial charge is 0.287 e. The highest BCUT2D eigenvalue weighted by Gasteiger charge is 2.16. The Labute approximate surface area is 125 Å². The van der Waals surface area contributed by atoms with Gasteiger partial charge >= 0.3 is 0 Å². The van der Waals surface area contributed by atoms with E-state index in [4.69, 9.17) is 0 Å². The van der Waals surface area contributed by atoms with Crippen LogP contribution in [0.4, 0.5) is 4.39 Å². The fourth-order valence-electron chi connectivity index (χ4n) is 1.81. The first-order valence-electron chi connectivity index (χ1n) is 5.54. The summed E-state index contributed by atoms with van der Waals surface area (Å²) in [6, 6.07) is 8.28. The molecular formula is C14H8BrFOS2. The van der Waals surface area contributed by atoms with Crippen LogP contribution in [0.2, 0.25) is 0 Å². The number of carbonyl (C=O) groups excluding carboxylic acids is 1. The molecule has 0 aliphatic heterocycles. The smallest absolute Gasteiger partial charge is 0.212 e. The van der Waals surface area contributed by atoms with Crippen LogP contribution >= 0.6 is 38.6 Å². The van der Waals surface area contributed by atoms with Crippen molar-refractivity contribution >= 4 is 54.5 Å². The summed E-state index contributed by atoms with van der Waals surface area (Å²) in [4.78, 5) is 13.7. The molecule has 19 heavy (non-hydrogen) atoms. The van der Waals surface area contributed by atoms with Crippen LogP contribution in [0.5, 0.6) is 0 Å². The van der Waals surface area contributed by atoms with Crippen LogP contribution in [0.3, 0.4) is 0 Å². The molecule has 0 bridgehead atoms. The molecule has 0 radical (unpaired) electrons. The van der Waals surface area contributed by atoms with Crippen molar-refractivity contribution in [3.8, 4) is 0 Å². The van der Waals surface area contributed by atoms with Crippen LogP contribution in [-0.4, -0.2) is 5.78 Å². The van der Waals surface area contributed by atoms with Crippen molar-refractivity contribution in [3.05, 3.63) is 55.3 Å². The molecule has 2 aromatic heterocycles. The van der Waals surface area contributed by atoms with E-state index in [9.17, 15) is 9.18 Å². The Kier molecular flexibility index (Phi) is 3.28. The van der Waals surface area contributed by atoms with Crippen molar-refractivity contribution in [1.29, 1.82) is 0 Å². The van der Waals surface area contributed by atoms with Gasteiger partial charge in [0.25, 0.3) is 0 Å². The van der Waals surface area contributed by atoms with E-state index in [2.05, 4.69) is 15.9 Å². The number of rotatable bonds is 2.